The highest BCUT2D eigenvalue weighted by molar-refractivity contribution is 9.09. The molecule has 14 heavy (non-hydrogen) atoms. The molecule has 0 radical (unpaired) electrons. The van der Waals surface area contributed by atoms with Gasteiger partial charge in [0.1, 0.15) is 0 Å². The Morgan fingerprint density at radius 2 is 2.21 bits per heavy atom. The van der Waals surface area contributed by atoms with E-state index in [4.69, 9.17) is 4.74 Å². The van der Waals surface area contributed by atoms with Gasteiger partial charge in [-0.1, -0.05) is 29.8 Å². The molecule has 3 fully saturated rings. The molecule has 2 saturated carbocycles. The number of alkyl halides is 1. The van der Waals surface area contributed by atoms with Crippen LogP contribution in [0.25, 0.3) is 0 Å². The van der Waals surface area contributed by atoms with E-state index in [1.165, 1.54) is 6.42 Å². The van der Waals surface area contributed by atoms with Gasteiger partial charge in [0, 0.05) is 10.8 Å². The maximum atomic E-state index is 9.41. The summed E-state index contributed by atoms with van der Waals surface area (Å²) in [6.45, 7) is 5.30. The molecule has 76 valence electrons. The van der Waals surface area contributed by atoms with Gasteiger partial charge in [-0.05, 0) is 18.8 Å². The molecule has 0 aromatic rings. The molecule has 3 rings (SSSR count). The molecule has 2 nitrogen and oxygen atoms in total. The van der Waals surface area contributed by atoms with Crippen LogP contribution in [0.15, 0.2) is 0 Å². The second kappa shape index (κ2) is 2.20. The minimum atomic E-state index is -0.551. The van der Waals surface area contributed by atoms with Crippen LogP contribution in [0.4, 0.5) is 0 Å². The number of nitrogens with zero attached hydrogens (tertiary/aromatic N) is 1. The van der Waals surface area contributed by atoms with Crippen LogP contribution in [0, 0.1) is 28.1 Å². The third kappa shape index (κ3) is 0.572. The summed E-state index contributed by atoms with van der Waals surface area (Å²) >= 11 is 3.69. The van der Waals surface area contributed by atoms with Crippen molar-refractivity contribution in [2.75, 3.05) is 6.61 Å². The molecule has 5 unspecified atom stereocenters. The first-order valence-corrected chi connectivity index (χ1v) is 6.13. The number of rotatable bonds is 0. The summed E-state index contributed by atoms with van der Waals surface area (Å²) in [6, 6.07) is 2.45. The van der Waals surface area contributed by atoms with Crippen molar-refractivity contribution >= 4 is 15.9 Å². The first-order valence-electron chi connectivity index (χ1n) is 5.21. The Bertz CT molecular complexity index is 352. The Hall–Kier alpha value is -0.0700. The molecule has 0 spiro atoms. The quantitative estimate of drug-likeness (QED) is 0.624. The number of hydrogen-bond donors (Lipinski definition) is 0. The van der Waals surface area contributed by atoms with Gasteiger partial charge in [0.2, 0.25) is 0 Å². The Balaban J connectivity index is 2.25. The van der Waals surface area contributed by atoms with Crippen molar-refractivity contribution in [3.05, 3.63) is 0 Å². The summed E-state index contributed by atoms with van der Waals surface area (Å²) < 4.78 is 5.83. The zero-order valence-corrected chi connectivity index (χ0v) is 10.1. The fourth-order valence-corrected chi connectivity index (χ4v) is 5.70. The van der Waals surface area contributed by atoms with Gasteiger partial charge in [0.15, 0.2) is 5.60 Å². The maximum Gasteiger partial charge on any atom is 0.172 e. The van der Waals surface area contributed by atoms with Crippen LogP contribution in [0.2, 0.25) is 0 Å². The molecule has 0 N–H and O–H groups in total. The van der Waals surface area contributed by atoms with Crippen LogP contribution >= 0.6 is 15.9 Å². The molecule has 5 atom stereocenters. The van der Waals surface area contributed by atoms with Crippen molar-refractivity contribution in [2.24, 2.45) is 16.7 Å². The molecule has 3 heteroatoms. The molecule has 0 amide bonds. The predicted molar refractivity (Wildman–Crippen MR) is 55.9 cm³/mol. The predicted octanol–water partition coefficient (Wildman–Crippen LogP) is 2.48. The number of ether oxygens (including phenoxy) is 1. The number of hydrogen-bond acceptors (Lipinski definition) is 2. The van der Waals surface area contributed by atoms with Gasteiger partial charge in [-0.2, -0.15) is 5.26 Å². The van der Waals surface area contributed by atoms with Crippen LogP contribution < -0.4 is 0 Å². The summed E-state index contributed by atoms with van der Waals surface area (Å²) in [4.78, 5) is 0.234. The molecule has 3 aliphatic rings. The zero-order valence-electron chi connectivity index (χ0n) is 8.51. The topological polar surface area (TPSA) is 33.0 Å². The van der Waals surface area contributed by atoms with E-state index < -0.39 is 5.60 Å². The largest absolute Gasteiger partial charge is 0.358 e. The minimum Gasteiger partial charge on any atom is -0.358 e. The summed E-state index contributed by atoms with van der Waals surface area (Å²) in [7, 11) is 0. The van der Waals surface area contributed by atoms with E-state index in [1.54, 1.807) is 0 Å². The molecule has 1 heterocycles. The lowest BCUT2D eigenvalue weighted by Gasteiger charge is -2.38. The van der Waals surface area contributed by atoms with Gasteiger partial charge in [0.05, 0.1) is 17.5 Å². The Morgan fingerprint density at radius 3 is 2.64 bits per heavy atom. The summed E-state index contributed by atoms with van der Waals surface area (Å²) in [5.74, 6) is 0.626. The minimum absolute atomic E-state index is 0.0631. The zero-order chi connectivity index (χ0) is 10.2. The third-order valence-electron chi connectivity index (χ3n) is 5.36. The highest BCUT2D eigenvalue weighted by Crippen LogP contribution is 2.76. The van der Waals surface area contributed by atoms with E-state index in [2.05, 4.69) is 35.8 Å². The van der Waals surface area contributed by atoms with Gasteiger partial charge in [-0.15, -0.1) is 0 Å². The van der Waals surface area contributed by atoms with Gasteiger partial charge in [0.25, 0.3) is 0 Å². The standard InChI is InChI=1S/C11H14BrNO/c1-9-6-14-11(5-13)8(12)7(9)3-4-10(9,11)2/h7-8H,3-4,6H2,1-2H3. The first kappa shape index (κ1) is 9.18. The lowest BCUT2D eigenvalue weighted by Crippen LogP contribution is -2.48. The monoisotopic (exact) mass is 255 g/mol. The van der Waals surface area contributed by atoms with Crippen molar-refractivity contribution in [1.29, 1.82) is 5.26 Å². The van der Waals surface area contributed by atoms with Crippen molar-refractivity contribution in [1.82, 2.24) is 0 Å². The highest BCUT2D eigenvalue weighted by atomic mass is 79.9. The van der Waals surface area contributed by atoms with E-state index in [-0.39, 0.29) is 15.7 Å². The van der Waals surface area contributed by atoms with Gasteiger partial charge in [-0.3, -0.25) is 0 Å². The molecule has 1 saturated heterocycles. The fraction of sp³-hybridized carbons (Fsp3) is 0.909. The van der Waals surface area contributed by atoms with Gasteiger partial charge in [-0.25, -0.2) is 0 Å². The normalized spacial score (nSPS) is 64.4. The van der Waals surface area contributed by atoms with Crippen molar-refractivity contribution in [3.8, 4) is 6.07 Å². The molecule has 1 aliphatic heterocycles. The lowest BCUT2D eigenvalue weighted by atomic mass is 9.67. The smallest absolute Gasteiger partial charge is 0.172 e. The highest BCUT2D eigenvalue weighted by Gasteiger charge is 2.80. The third-order valence-corrected chi connectivity index (χ3v) is 6.64. The maximum absolute atomic E-state index is 9.41. The average molecular weight is 256 g/mol. The number of nitriles is 1. The Morgan fingerprint density at radius 1 is 1.50 bits per heavy atom. The second-order valence-electron chi connectivity index (χ2n) is 5.43. The average Bonchev–Trinajstić information content (AvgIpc) is 2.58. The summed E-state index contributed by atoms with van der Waals surface area (Å²) in [6.07, 6.45) is 2.39. The first-order chi connectivity index (χ1) is 6.52. The summed E-state index contributed by atoms with van der Waals surface area (Å²) in [5.41, 5.74) is -0.269. The fourth-order valence-electron chi connectivity index (χ4n) is 4.11. The van der Waals surface area contributed by atoms with Crippen LogP contribution in [0.1, 0.15) is 26.7 Å². The van der Waals surface area contributed by atoms with Crippen LogP contribution in [0.3, 0.4) is 0 Å². The van der Waals surface area contributed by atoms with E-state index in [0.29, 0.717) is 5.92 Å². The van der Waals surface area contributed by atoms with E-state index in [0.717, 1.165) is 13.0 Å². The van der Waals surface area contributed by atoms with E-state index in [9.17, 15) is 5.26 Å². The van der Waals surface area contributed by atoms with Crippen molar-refractivity contribution in [2.45, 2.75) is 37.1 Å². The van der Waals surface area contributed by atoms with Gasteiger partial charge >= 0.3 is 0 Å². The Labute approximate surface area is 92.7 Å². The molecular formula is C11H14BrNO. The van der Waals surface area contributed by atoms with E-state index in [1.807, 2.05) is 0 Å². The van der Waals surface area contributed by atoms with Crippen molar-refractivity contribution in [3.63, 3.8) is 0 Å². The number of halogens is 1. The second-order valence-corrected chi connectivity index (χ2v) is 6.42. The molecule has 2 aliphatic carbocycles. The van der Waals surface area contributed by atoms with Gasteiger partial charge < -0.3 is 4.74 Å². The lowest BCUT2D eigenvalue weighted by molar-refractivity contribution is -0.0334. The van der Waals surface area contributed by atoms with Crippen LogP contribution in [-0.2, 0) is 4.74 Å². The molecule has 0 aromatic carbocycles. The van der Waals surface area contributed by atoms with Crippen LogP contribution in [-0.4, -0.2) is 17.0 Å². The van der Waals surface area contributed by atoms with E-state index >= 15 is 0 Å². The Kier molecular flexibility index (Phi) is 1.44. The van der Waals surface area contributed by atoms with Crippen molar-refractivity contribution < 1.29 is 4.74 Å². The molecule has 0 aromatic heterocycles. The SMILES string of the molecule is CC12COC3(C#N)C(Br)C1CCC23C. The molecule has 4 bridgehead atoms. The summed E-state index contributed by atoms with van der Waals surface area (Å²) in [5, 5.41) is 9.41. The van der Waals surface area contributed by atoms with Crippen LogP contribution in [0.5, 0.6) is 0 Å². The molecular weight excluding hydrogens is 242 g/mol.